The molecule has 0 spiro atoms. The van der Waals surface area contributed by atoms with Crippen LogP contribution < -0.4 is 0 Å². The van der Waals surface area contributed by atoms with Crippen molar-refractivity contribution in [3.8, 4) is 0 Å². The molecular formula is C55H92O13. The smallest absolute Gasteiger partial charge is 0.313 e. The minimum atomic E-state index is -0.959. The van der Waals surface area contributed by atoms with E-state index in [4.69, 9.17) is 33.5 Å². The van der Waals surface area contributed by atoms with Crippen LogP contribution in [0.25, 0.3) is 0 Å². The van der Waals surface area contributed by atoms with E-state index >= 15 is 0 Å². The minimum absolute atomic E-state index is 0.0342. The summed E-state index contributed by atoms with van der Waals surface area (Å²) in [6, 6.07) is 0. The summed E-state index contributed by atoms with van der Waals surface area (Å²) in [5.74, 6) is 1.54. The third kappa shape index (κ3) is 13.6. The standard InChI is InChI=1S/C18H28O4.C16H26O2.C11H20O3.C10H18O4/c1-6-17(4,5)16(20)22-18(10(2)3)11-7-8-12-13(9-11)15(19)21-14(12)18;1-4-15(2,3)14(17)18-16-8-11-5-12(9-16)7-13(6-11)10-16;1-4-11(2,3)10(12)14-9-7-5-6-8-13-9;1-5-10(3,4)9(13)14-7(2)6-8(11)12/h10-14H,6-9H2,1-5H3;11-13H,4-10H2,1-3H3;9H,4-8H2,1-3H3;7H,5-6H2,1-4H3,(H,11,12). The van der Waals surface area contributed by atoms with Gasteiger partial charge in [0.05, 0.1) is 40.6 Å². The molecule has 7 atom stereocenters. The molecule has 13 heteroatoms. The van der Waals surface area contributed by atoms with Gasteiger partial charge < -0.3 is 33.5 Å². The fraction of sp³-hybridized carbons (Fsp3) is 0.891. The van der Waals surface area contributed by atoms with Gasteiger partial charge in [-0.2, -0.15) is 0 Å². The number of esters is 5. The Bertz CT molecular complexity index is 1720. The maximum absolute atomic E-state index is 12.7. The number of carboxylic acid groups (broad SMARTS) is 1. The number of rotatable bonds is 15. The monoisotopic (exact) mass is 961 g/mol. The molecule has 0 aromatic carbocycles. The summed E-state index contributed by atoms with van der Waals surface area (Å²) in [5, 5.41) is 8.47. The highest BCUT2D eigenvalue weighted by atomic mass is 16.7. The fourth-order valence-electron chi connectivity index (χ4n) is 11.3. The van der Waals surface area contributed by atoms with Gasteiger partial charge in [0.25, 0.3) is 0 Å². The van der Waals surface area contributed by atoms with Crippen molar-refractivity contribution in [3.05, 3.63) is 0 Å². The third-order valence-corrected chi connectivity index (χ3v) is 17.3. The van der Waals surface area contributed by atoms with Crippen LogP contribution in [-0.4, -0.2) is 77.2 Å². The summed E-state index contributed by atoms with van der Waals surface area (Å²) >= 11 is 0. The number of aliphatic carboxylic acids is 1. The summed E-state index contributed by atoms with van der Waals surface area (Å²) in [5.41, 5.74) is -2.44. The molecule has 0 aromatic rings. The van der Waals surface area contributed by atoms with Gasteiger partial charge in [0.1, 0.15) is 17.8 Å². The maximum Gasteiger partial charge on any atom is 0.313 e. The number of carbonyl (C=O) groups is 6. The van der Waals surface area contributed by atoms with Gasteiger partial charge in [-0.15, -0.1) is 0 Å². The molecule has 13 nitrogen and oxygen atoms in total. The topological polar surface area (TPSA) is 178 Å². The van der Waals surface area contributed by atoms with Crippen LogP contribution >= 0.6 is 0 Å². The van der Waals surface area contributed by atoms with Gasteiger partial charge in [-0.1, -0.05) is 41.5 Å². The maximum atomic E-state index is 12.7. The van der Waals surface area contributed by atoms with Crippen molar-refractivity contribution < 1.29 is 62.3 Å². The molecule has 0 radical (unpaired) electrons. The van der Waals surface area contributed by atoms with E-state index in [1.54, 1.807) is 20.8 Å². The number of carboxylic acids is 1. The van der Waals surface area contributed by atoms with Gasteiger partial charge in [-0.3, -0.25) is 28.8 Å². The molecule has 9 rings (SSSR count). The molecule has 9 aliphatic rings. The van der Waals surface area contributed by atoms with Crippen molar-refractivity contribution >= 4 is 35.8 Å². The molecule has 2 saturated heterocycles. The number of carbonyl (C=O) groups excluding carboxylic acids is 5. The first-order valence-corrected chi connectivity index (χ1v) is 26.4. The SMILES string of the molecule is CCC(C)(C)C(=O)OC(C)CC(=O)O.CCC(C)(C)C(=O)OC1(C(C)C)C2CCC3C(C2)C(=O)OC31.CCC(C)(C)C(=O)OC12CC3CC(CC(C3)C1)C2.CCC(C)(C)C(=O)OC1CCCCO1. The Kier molecular flexibility index (Phi) is 19.3. The zero-order valence-corrected chi connectivity index (χ0v) is 44.8. The molecule has 0 amide bonds. The van der Waals surface area contributed by atoms with Gasteiger partial charge in [0.2, 0.25) is 6.29 Å². The second-order valence-electron chi connectivity index (χ2n) is 24.5. The number of hydrogen-bond acceptors (Lipinski definition) is 12. The predicted molar refractivity (Wildman–Crippen MR) is 259 cm³/mol. The van der Waals surface area contributed by atoms with Crippen LogP contribution in [0.3, 0.4) is 0 Å². The van der Waals surface area contributed by atoms with E-state index < -0.39 is 28.5 Å². The molecule has 2 heterocycles. The lowest BCUT2D eigenvalue weighted by Crippen LogP contribution is -2.64. The van der Waals surface area contributed by atoms with E-state index in [0.717, 1.165) is 94.8 Å². The lowest BCUT2D eigenvalue weighted by Gasteiger charge is -2.56. The van der Waals surface area contributed by atoms with Gasteiger partial charge in [-0.05, 0) is 182 Å². The molecule has 1 N–H and O–H groups in total. The van der Waals surface area contributed by atoms with Crippen LogP contribution in [-0.2, 0) is 57.2 Å². The van der Waals surface area contributed by atoms with Crippen LogP contribution in [0.15, 0.2) is 0 Å². The van der Waals surface area contributed by atoms with Crippen molar-refractivity contribution in [2.45, 2.75) is 243 Å². The summed E-state index contributed by atoms with van der Waals surface area (Å²) in [4.78, 5) is 70.7. The van der Waals surface area contributed by atoms with Crippen LogP contribution in [0, 0.1) is 63.1 Å². The molecule has 0 aromatic heterocycles. The first-order valence-electron chi connectivity index (χ1n) is 26.4. The summed E-state index contributed by atoms with van der Waals surface area (Å²) in [7, 11) is 0. The summed E-state index contributed by atoms with van der Waals surface area (Å²) < 4.78 is 33.6. The molecule has 68 heavy (non-hydrogen) atoms. The fourth-order valence-corrected chi connectivity index (χ4v) is 11.3. The average Bonchev–Trinajstić information content (AvgIpc) is 3.55. The second-order valence-corrected chi connectivity index (χ2v) is 24.5. The van der Waals surface area contributed by atoms with Crippen molar-refractivity contribution in [2.75, 3.05) is 6.61 Å². The highest BCUT2D eigenvalue weighted by Crippen LogP contribution is 2.60. The predicted octanol–water partition coefficient (Wildman–Crippen LogP) is 11.6. The van der Waals surface area contributed by atoms with E-state index in [2.05, 4.69) is 20.8 Å². The second kappa shape index (κ2) is 22.9. The highest BCUT2D eigenvalue weighted by Gasteiger charge is 2.69. The van der Waals surface area contributed by atoms with E-state index in [-0.39, 0.29) is 88.8 Å². The minimum Gasteiger partial charge on any atom is -0.481 e. The Balaban J connectivity index is 0.000000202. The van der Waals surface area contributed by atoms with E-state index in [1.165, 1.54) is 19.3 Å². The van der Waals surface area contributed by atoms with Gasteiger partial charge in [-0.25, -0.2) is 0 Å². The van der Waals surface area contributed by atoms with Gasteiger partial charge >= 0.3 is 35.8 Å². The number of fused-ring (bicyclic) bond motifs is 1. The van der Waals surface area contributed by atoms with Crippen molar-refractivity contribution in [3.63, 3.8) is 0 Å². The molecule has 390 valence electrons. The summed E-state index contributed by atoms with van der Waals surface area (Å²) in [6.45, 7) is 29.7. The Morgan fingerprint density at radius 2 is 1.15 bits per heavy atom. The summed E-state index contributed by atoms with van der Waals surface area (Å²) in [6.07, 6.45) is 15.3. The highest BCUT2D eigenvalue weighted by molar-refractivity contribution is 5.79. The first-order chi connectivity index (χ1) is 31.5. The number of ether oxygens (including phenoxy) is 6. The van der Waals surface area contributed by atoms with Crippen molar-refractivity contribution in [2.24, 2.45) is 63.1 Å². The Morgan fingerprint density at radius 1 is 0.662 bits per heavy atom. The van der Waals surface area contributed by atoms with Crippen LogP contribution in [0.2, 0.25) is 0 Å². The Hall–Kier alpha value is -3.22. The normalized spacial score (nSPS) is 31.6. The molecule has 7 saturated carbocycles. The first kappa shape index (κ1) is 57.4. The largest absolute Gasteiger partial charge is 0.481 e. The van der Waals surface area contributed by atoms with Crippen LogP contribution in [0.5, 0.6) is 0 Å². The zero-order valence-electron chi connectivity index (χ0n) is 44.8. The molecule has 7 unspecified atom stereocenters. The third-order valence-electron chi connectivity index (χ3n) is 17.3. The van der Waals surface area contributed by atoms with Crippen molar-refractivity contribution in [1.82, 2.24) is 0 Å². The molecule has 9 fully saturated rings. The zero-order chi connectivity index (χ0) is 51.2. The molecular weight excluding hydrogens is 869 g/mol. The Labute approximate surface area is 409 Å². The molecule has 8 bridgehead atoms. The Morgan fingerprint density at radius 3 is 1.60 bits per heavy atom. The van der Waals surface area contributed by atoms with Gasteiger partial charge in [0.15, 0.2) is 5.60 Å². The van der Waals surface area contributed by atoms with Crippen LogP contribution in [0.4, 0.5) is 0 Å². The average molecular weight is 961 g/mol. The number of hydrogen-bond donors (Lipinski definition) is 1. The molecule has 2 aliphatic heterocycles. The lowest BCUT2D eigenvalue weighted by atomic mass is 9.54. The quantitative estimate of drug-likeness (QED) is 0.121. The van der Waals surface area contributed by atoms with E-state index in [0.29, 0.717) is 13.0 Å². The van der Waals surface area contributed by atoms with Crippen molar-refractivity contribution in [1.29, 1.82) is 0 Å². The van der Waals surface area contributed by atoms with E-state index in [1.807, 2.05) is 62.3 Å². The van der Waals surface area contributed by atoms with Crippen LogP contribution in [0.1, 0.15) is 213 Å². The van der Waals surface area contributed by atoms with Gasteiger partial charge in [0, 0.05) is 18.3 Å². The molecule has 7 aliphatic carbocycles. The van der Waals surface area contributed by atoms with E-state index in [9.17, 15) is 28.8 Å². The lowest BCUT2D eigenvalue weighted by molar-refractivity contribution is -0.230.